The standard InChI is InChI=1S/C19H23N3O/c1-11-6-12(2)18-15(7-11)16(8-13(3)21-18)19(23)22-5-4-14-9-20-10-17(14)22/h6-8,14,17,20H,4-5,9-10H2,1-3H3/t14-,17+/m1/s1. The Kier molecular flexibility index (Phi) is 3.38. The lowest BCUT2D eigenvalue weighted by molar-refractivity contribution is 0.0739. The van der Waals surface area contributed by atoms with Gasteiger partial charge in [0.05, 0.1) is 11.1 Å². The lowest BCUT2D eigenvalue weighted by atomic mass is 10.00. The second-order valence-electron chi connectivity index (χ2n) is 7.06. The molecule has 0 aliphatic carbocycles. The molecule has 2 aliphatic rings. The van der Waals surface area contributed by atoms with E-state index in [1.807, 2.05) is 13.0 Å². The Morgan fingerprint density at radius 1 is 1.22 bits per heavy atom. The second kappa shape index (κ2) is 5.31. The molecule has 0 spiro atoms. The number of likely N-dealkylation sites (tertiary alicyclic amines) is 1. The molecular formula is C19H23N3O. The van der Waals surface area contributed by atoms with Crippen molar-refractivity contribution in [3.63, 3.8) is 0 Å². The Morgan fingerprint density at radius 2 is 2.04 bits per heavy atom. The van der Waals surface area contributed by atoms with E-state index in [2.05, 4.69) is 41.2 Å². The molecule has 2 aliphatic heterocycles. The Morgan fingerprint density at radius 3 is 2.87 bits per heavy atom. The number of hydrogen-bond donors (Lipinski definition) is 1. The number of carbonyl (C=O) groups excluding carboxylic acids is 1. The van der Waals surface area contributed by atoms with E-state index in [0.717, 1.165) is 53.8 Å². The van der Waals surface area contributed by atoms with E-state index >= 15 is 0 Å². The average molecular weight is 309 g/mol. The van der Waals surface area contributed by atoms with Gasteiger partial charge in [0.2, 0.25) is 0 Å². The van der Waals surface area contributed by atoms with Gasteiger partial charge in [-0.15, -0.1) is 0 Å². The van der Waals surface area contributed by atoms with Gasteiger partial charge in [-0.25, -0.2) is 0 Å². The van der Waals surface area contributed by atoms with Crippen LogP contribution >= 0.6 is 0 Å². The van der Waals surface area contributed by atoms with E-state index in [1.165, 1.54) is 5.56 Å². The molecule has 1 aromatic heterocycles. The smallest absolute Gasteiger partial charge is 0.254 e. The first-order chi connectivity index (χ1) is 11.0. The van der Waals surface area contributed by atoms with Crippen LogP contribution in [0, 0.1) is 26.7 Å². The molecule has 4 rings (SSSR count). The highest BCUT2D eigenvalue weighted by Crippen LogP contribution is 2.31. The van der Waals surface area contributed by atoms with Crippen LogP contribution in [-0.4, -0.2) is 41.5 Å². The zero-order chi connectivity index (χ0) is 16.1. The third-order valence-electron chi connectivity index (χ3n) is 5.31. The first-order valence-corrected chi connectivity index (χ1v) is 8.45. The van der Waals surface area contributed by atoms with E-state index in [-0.39, 0.29) is 5.91 Å². The van der Waals surface area contributed by atoms with Crippen molar-refractivity contribution in [2.75, 3.05) is 19.6 Å². The van der Waals surface area contributed by atoms with Crippen LogP contribution in [0.4, 0.5) is 0 Å². The van der Waals surface area contributed by atoms with Gasteiger partial charge in [-0.05, 0) is 50.8 Å². The molecule has 4 nitrogen and oxygen atoms in total. The molecule has 4 heteroatoms. The highest BCUT2D eigenvalue weighted by Gasteiger charge is 2.40. The largest absolute Gasteiger partial charge is 0.334 e. The average Bonchev–Trinajstić information content (AvgIpc) is 3.09. The van der Waals surface area contributed by atoms with Gasteiger partial charge in [-0.3, -0.25) is 9.78 Å². The predicted octanol–water partition coefficient (Wildman–Crippen LogP) is 2.59. The summed E-state index contributed by atoms with van der Waals surface area (Å²) in [4.78, 5) is 20.0. The van der Waals surface area contributed by atoms with Gasteiger partial charge in [0, 0.05) is 36.8 Å². The second-order valence-corrected chi connectivity index (χ2v) is 7.06. The molecule has 2 saturated heterocycles. The van der Waals surface area contributed by atoms with E-state index in [1.54, 1.807) is 0 Å². The quantitative estimate of drug-likeness (QED) is 0.880. The highest BCUT2D eigenvalue weighted by atomic mass is 16.2. The number of aromatic nitrogens is 1. The summed E-state index contributed by atoms with van der Waals surface area (Å²) in [5.41, 5.74) is 5.00. The molecule has 2 atom stereocenters. The Balaban J connectivity index is 1.83. The van der Waals surface area contributed by atoms with E-state index < -0.39 is 0 Å². The topological polar surface area (TPSA) is 45.2 Å². The molecule has 0 radical (unpaired) electrons. The molecular weight excluding hydrogens is 286 g/mol. The van der Waals surface area contributed by atoms with Crippen LogP contribution in [0.5, 0.6) is 0 Å². The number of aryl methyl sites for hydroxylation is 3. The Hall–Kier alpha value is -1.94. The summed E-state index contributed by atoms with van der Waals surface area (Å²) < 4.78 is 0. The van der Waals surface area contributed by atoms with E-state index in [0.29, 0.717) is 12.0 Å². The van der Waals surface area contributed by atoms with Gasteiger partial charge < -0.3 is 10.2 Å². The lowest BCUT2D eigenvalue weighted by Gasteiger charge is -2.24. The maximum Gasteiger partial charge on any atom is 0.254 e. The summed E-state index contributed by atoms with van der Waals surface area (Å²) in [6, 6.07) is 6.55. The summed E-state index contributed by atoms with van der Waals surface area (Å²) in [6.07, 6.45) is 1.11. The van der Waals surface area contributed by atoms with Crippen LogP contribution in [0.2, 0.25) is 0 Å². The third-order valence-corrected chi connectivity index (χ3v) is 5.31. The molecule has 0 unspecified atom stereocenters. The predicted molar refractivity (Wildman–Crippen MR) is 91.8 cm³/mol. The normalized spacial score (nSPS) is 23.5. The molecule has 2 aromatic rings. The summed E-state index contributed by atoms with van der Waals surface area (Å²) >= 11 is 0. The van der Waals surface area contributed by atoms with Crippen LogP contribution in [0.25, 0.3) is 10.9 Å². The highest BCUT2D eigenvalue weighted by molar-refractivity contribution is 6.07. The summed E-state index contributed by atoms with van der Waals surface area (Å²) in [5.74, 6) is 0.790. The number of pyridine rings is 1. The van der Waals surface area contributed by atoms with Gasteiger partial charge >= 0.3 is 0 Å². The van der Waals surface area contributed by atoms with Crippen molar-refractivity contribution in [3.8, 4) is 0 Å². The van der Waals surface area contributed by atoms with Gasteiger partial charge in [-0.1, -0.05) is 11.6 Å². The number of nitrogens with zero attached hydrogens (tertiary/aromatic N) is 2. The van der Waals surface area contributed by atoms with Crippen molar-refractivity contribution in [1.29, 1.82) is 0 Å². The van der Waals surface area contributed by atoms with Crippen molar-refractivity contribution < 1.29 is 4.79 Å². The fourth-order valence-electron chi connectivity index (χ4n) is 4.24. The fraction of sp³-hybridized carbons (Fsp3) is 0.474. The SMILES string of the molecule is Cc1cc(C)c2nc(C)cc(C(=O)N3CC[C@@H]4CNC[C@@H]43)c2c1. The van der Waals surface area contributed by atoms with Gasteiger partial charge in [0.15, 0.2) is 0 Å². The maximum atomic E-state index is 13.2. The molecule has 0 bridgehead atoms. The molecule has 2 fully saturated rings. The number of fused-ring (bicyclic) bond motifs is 2. The number of hydrogen-bond acceptors (Lipinski definition) is 3. The molecule has 1 amide bonds. The number of amides is 1. The van der Waals surface area contributed by atoms with Crippen LogP contribution in [0.3, 0.4) is 0 Å². The van der Waals surface area contributed by atoms with Crippen molar-refractivity contribution >= 4 is 16.8 Å². The fourth-order valence-corrected chi connectivity index (χ4v) is 4.24. The number of rotatable bonds is 1. The first kappa shape index (κ1) is 14.6. The lowest BCUT2D eigenvalue weighted by Crippen LogP contribution is -2.39. The van der Waals surface area contributed by atoms with Crippen LogP contribution < -0.4 is 5.32 Å². The third kappa shape index (κ3) is 2.32. The Bertz CT molecular complexity index is 799. The van der Waals surface area contributed by atoms with Crippen molar-refractivity contribution in [1.82, 2.24) is 15.2 Å². The zero-order valence-corrected chi connectivity index (χ0v) is 14.0. The van der Waals surface area contributed by atoms with Gasteiger partial charge in [-0.2, -0.15) is 0 Å². The summed E-state index contributed by atoms with van der Waals surface area (Å²) in [6.45, 7) is 8.97. The van der Waals surface area contributed by atoms with E-state index in [4.69, 9.17) is 0 Å². The molecule has 3 heterocycles. The summed E-state index contributed by atoms with van der Waals surface area (Å²) in [5, 5.41) is 4.41. The minimum atomic E-state index is 0.168. The van der Waals surface area contributed by atoms with Gasteiger partial charge in [0.25, 0.3) is 5.91 Å². The van der Waals surface area contributed by atoms with Crippen molar-refractivity contribution in [2.24, 2.45) is 5.92 Å². The number of benzene rings is 1. The van der Waals surface area contributed by atoms with Crippen LogP contribution in [0.15, 0.2) is 18.2 Å². The molecule has 120 valence electrons. The number of carbonyl (C=O) groups is 1. The van der Waals surface area contributed by atoms with Crippen LogP contribution in [-0.2, 0) is 0 Å². The number of nitrogens with one attached hydrogen (secondary N) is 1. The van der Waals surface area contributed by atoms with Crippen LogP contribution in [0.1, 0.15) is 33.6 Å². The van der Waals surface area contributed by atoms with Gasteiger partial charge in [0.1, 0.15) is 0 Å². The molecule has 23 heavy (non-hydrogen) atoms. The summed E-state index contributed by atoms with van der Waals surface area (Å²) in [7, 11) is 0. The Labute approximate surface area is 136 Å². The minimum absolute atomic E-state index is 0.168. The maximum absolute atomic E-state index is 13.2. The van der Waals surface area contributed by atoms with Crippen molar-refractivity contribution in [3.05, 3.63) is 40.6 Å². The van der Waals surface area contributed by atoms with Crippen molar-refractivity contribution in [2.45, 2.75) is 33.2 Å². The monoisotopic (exact) mass is 309 g/mol. The minimum Gasteiger partial charge on any atom is -0.334 e. The van der Waals surface area contributed by atoms with E-state index in [9.17, 15) is 4.79 Å². The molecule has 1 N–H and O–H groups in total. The zero-order valence-electron chi connectivity index (χ0n) is 14.0. The molecule has 1 aromatic carbocycles. The molecule has 0 saturated carbocycles. The first-order valence-electron chi connectivity index (χ1n) is 8.45.